The zero-order chi connectivity index (χ0) is 17.5. The molecule has 0 heterocycles. The van der Waals surface area contributed by atoms with Crippen molar-refractivity contribution in [1.29, 1.82) is 0 Å². The monoisotopic (exact) mass is 329 g/mol. The fourth-order valence-electron chi connectivity index (χ4n) is 1.96. The Bertz CT molecular complexity index is 786. The van der Waals surface area contributed by atoms with Crippen molar-refractivity contribution >= 4 is 23.6 Å². The lowest BCUT2D eigenvalue weighted by atomic mass is 10.2. The molecule has 0 saturated carbocycles. The molecular formula is C18H16FNO4. The van der Waals surface area contributed by atoms with Gasteiger partial charge in [-0.15, -0.1) is 0 Å². The summed E-state index contributed by atoms with van der Waals surface area (Å²) in [6, 6.07) is 10.7. The van der Waals surface area contributed by atoms with Gasteiger partial charge in [-0.05, 0) is 42.0 Å². The maximum absolute atomic E-state index is 13.8. The van der Waals surface area contributed by atoms with Gasteiger partial charge in [0.25, 0.3) is 0 Å². The summed E-state index contributed by atoms with van der Waals surface area (Å²) >= 11 is 0. The third-order valence-corrected chi connectivity index (χ3v) is 3.17. The van der Waals surface area contributed by atoms with Gasteiger partial charge < -0.3 is 14.8 Å². The average Bonchev–Trinajstić information content (AvgIpc) is 2.61. The number of esters is 1. The first-order valence-electron chi connectivity index (χ1n) is 7.04. The standard InChI is InChI=1S/C18H16FNO4/c1-23-14-5-3-4-12(10-14)6-9-17(21)20-16-11-13(18(22)24-2)7-8-15(16)19/h3-11H,1-2H3,(H,20,21)/b9-6+. The number of hydrogen-bond donors (Lipinski definition) is 1. The first-order valence-corrected chi connectivity index (χ1v) is 7.04. The summed E-state index contributed by atoms with van der Waals surface area (Å²) < 4.78 is 23.4. The van der Waals surface area contributed by atoms with Gasteiger partial charge >= 0.3 is 5.97 Å². The van der Waals surface area contributed by atoms with E-state index in [-0.39, 0.29) is 11.3 Å². The fraction of sp³-hybridized carbons (Fsp3) is 0.111. The van der Waals surface area contributed by atoms with Crippen LogP contribution in [0.15, 0.2) is 48.5 Å². The molecule has 0 aromatic heterocycles. The van der Waals surface area contributed by atoms with Crippen molar-refractivity contribution < 1.29 is 23.5 Å². The molecule has 1 amide bonds. The number of ether oxygens (including phenoxy) is 2. The lowest BCUT2D eigenvalue weighted by molar-refractivity contribution is -0.111. The Hall–Kier alpha value is -3.15. The van der Waals surface area contributed by atoms with Crippen LogP contribution in [-0.4, -0.2) is 26.1 Å². The Labute approximate surface area is 138 Å². The van der Waals surface area contributed by atoms with E-state index >= 15 is 0 Å². The molecule has 0 saturated heterocycles. The lowest BCUT2D eigenvalue weighted by Crippen LogP contribution is -2.11. The first kappa shape index (κ1) is 17.2. The van der Waals surface area contributed by atoms with Crippen molar-refractivity contribution in [3.05, 3.63) is 65.5 Å². The van der Waals surface area contributed by atoms with Gasteiger partial charge in [-0.25, -0.2) is 9.18 Å². The number of anilines is 1. The van der Waals surface area contributed by atoms with Crippen LogP contribution >= 0.6 is 0 Å². The zero-order valence-electron chi connectivity index (χ0n) is 13.2. The summed E-state index contributed by atoms with van der Waals surface area (Å²) in [5.74, 6) is -1.13. The van der Waals surface area contributed by atoms with Crippen molar-refractivity contribution in [3.8, 4) is 5.75 Å². The molecular weight excluding hydrogens is 313 g/mol. The molecule has 0 unspecified atom stereocenters. The Morgan fingerprint density at radius 1 is 1.12 bits per heavy atom. The lowest BCUT2D eigenvalue weighted by Gasteiger charge is -2.06. The molecule has 1 N–H and O–H groups in total. The molecule has 0 aliphatic rings. The van der Waals surface area contributed by atoms with E-state index in [4.69, 9.17) is 4.74 Å². The Balaban J connectivity index is 2.11. The molecule has 2 aromatic carbocycles. The van der Waals surface area contributed by atoms with Gasteiger partial charge in [0.05, 0.1) is 25.5 Å². The Morgan fingerprint density at radius 3 is 2.62 bits per heavy atom. The maximum Gasteiger partial charge on any atom is 0.337 e. The summed E-state index contributed by atoms with van der Waals surface area (Å²) in [6.07, 6.45) is 2.83. The van der Waals surface area contributed by atoms with Gasteiger partial charge in [0.1, 0.15) is 11.6 Å². The predicted octanol–water partition coefficient (Wildman–Crippen LogP) is 3.27. The number of benzene rings is 2. The van der Waals surface area contributed by atoms with Crippen LogP contribution in [0.4, 0.5) is 10.1 Å². The number of rotatable bonds is 5. The van der Waals surface area contributed by atoms with Crippen LogP contribution in [0.3, 0.4) is 0 Å². The molecule has 0 aliphatic carbocycles. The average molecular weight is 329 g/mol. The summed E-state index contributed by atoms with van der Waals surface area (Å²) in [4.78, 5) is 23.4. The summed E-state index contributed by atoms with van der Waals surface area (Å²) in [7, 11) is 2.77. The van der Waals surface area contributed by atoms with E-state index in [9.17, 15) is 14.0 Å². The first-order chi connectivity index (χ1) is 11.5. The van der Waals surface area contributed by atoms with E-state index in [1.165, 1.54) is 25.3 Å². The molecule has 2 aromatic rings. The predicted molar refractivity (Wildman–Crippen MR) is 88.4 cm³/mol. The number of carbonyl (C=O) groups excluding carboxylic acids is 2. The molecule has 0 radical (unpaired) electrons. The van der Waals surface area contributed by atoms with E-state index in [1.807, 2.05) is 0 Å². The highest BCUT2D eigenvalue weighted by Gasteiger charge is 2.11. The largest absolute Gasteiger partial charge is 0.497 e. The highest BCUT2D eigenvalue weighted by molar-refractivity contribution is 6.02. The number of halogens is 1. The molecule has 0 fully saturated rings. The molecule has 5 nitrogen and oxygen atoms in total. The third-order valence-electron chi connectivity index (χ3n) is 3.17. The van der Waals surface area contributed by atoms with E-state index in [2.05, 4.69) is 10.1 Å². The molecule has 2 rings (SSSR count). The van der Waals surface area contributed by atoms with Crippen molar-refractivity contribution in [2.24, 2.45) is 0 Å². The van der Waals surface area contributed by atoms with Gasteiger partial charge in [-0.2, -0.15) is 0 Å². The molecule has 124 valence electrons. The summed E-state index contributed by atoms with van der Waals surface area (Å²) in [5.41, 5.74) is 0.803. The Morgan fingerprint density at radius 2 is 1.92 bits per heavy atom. The molecule has 0 aliphatic heterocycles. The van der Waals surface area contributed by atoms with Crippen molar-refractivity contribution in [3.63, 3.8) is 0 Å². The number of hydrogen-bond acceptors (Lipinski definition) is 4. The maximum atomic E-state index is 13.8. The highest BCUT2D eigenvalue weighted by Crippen LogP contribution is 2.17. The Kier molecular flexibility index (Phi) is 5.68. The van der Waals surface area contributed by atoms with Gasteiger partial charge in [-0.3, -0.25) is 4.79 Å². The van der Waals surface area contributed by atoms with Crippen LogP contribution in [0.5, 0.6) is 5.75 Å². The van der Waals surface area contributed by atoms with Crippen molar-refractivity contribution in [2.75, 3.05) is 19.5 Å². The SMILES string of the molecule is COC(=O)c1ccc(F)c(NC(=O)/C=C/c2cccc(OC)c2)c1. The van der Waals surface area contributed by atoms with E-state index in [0.29, 0.717) is 5.75 Å². The second-order valence-corrected chi connectivity index (χ2v) is 4.79. The minimum atomic E-state index is -0.647. The number of methoxy groups -OCH3 is 2. The number of carbonyl (C=O) groups is 2. The fourth-order valence-corrected chi connectivity index (χ4v) is 1.96. The van der Waals surface area contributed by atoms with Crippen molar-refractivity contribution in [1.82, 2.24) is 0 Å². The van der Waals surface area contributed by atoms with Gasteiger partial charge in [0.2, 0.25) is 5.91 Å². The van der Waals surface area contributed by atoms with E-state index in [1.54, 1.807) is 37.5 Å². The van der Waals surface area contributed by atoms with Crippen LogP contribution < -0.4 is 10.1 Å². The highest BCUT2D eigenvalue weighted by atomic mass is 19.1. The van der Waals surface area contributed by atoms with Gasteiger partial charge in [0.15, 0.2) is 0 Å². The van der Waals surface area contributed by atoms with E-state index < -0.39 is 17.7 Å². The number of nitrogens with one attached hydrogen (secondary N) is 1. The topological polar surface area (TPSA) is 64.6 Å². The van der Waals surface area contributed by atoms with Crippen LogP contribution in [0.2, 0.25) is 0 Å². The zero-order valence-corrected chi connectivity index (χ0v) is 13.2. The van der Waals surface area contributed by atoms with Gasteiger partial charge in [0, 0.05) is 6.08 Å². The minimum Gasteiger partial charge on any atom is -0.497 e. The van der Waals surface area contributed by atoms with Crippen molar-refractivity contribution in [2.45, 2.75) is 0 Å². The molecule has 0 spiro atoms. The quantitative estimate of drug-likeness (QED) is 0.675. The summed E-state index contributed by atoms with van der Waals surface area (Å²) in [6.45, 7) is 0. The molecule has 0 atom stereocenters. The molecule has 24 heavy (non-hydrogen) atoms. The van der Waals surface area contributed by atoms with Crippen LogP contribution in [0.25, 0.3) is 6.08 Å². The van der Waals surface area contributed by atoms with Gasteiger partial charge in [-0.1, -0.05) is 12.1 Å². The number of amides is 1. The summed E-state index contributed by atoms with van der Waals surface area (Å²) in [5, 5.41) is 2.39. The second kappa shape index (κ2) is 7.92. The smallest absolute Gasteiger partial charge is 0.337 e. The van der Waals surface area contributed by atoms with E-state index in [0.717, 1.165) is 11.6 Å². The van der Waals surface area contributed by atoms with Crippen LogP contribution in [-0.2, 0) is 9.53 Å². The minimum absolute atomic E-state index is 0.0989. The van der Waals surface area contributed by atoms with Crippen LogP contribution in [0.1, 0.15) is 15.9 Å². The normalized spacial score (nSPS) is 10.5. The second-order valence-electron chi connectivity index (χ2n) is 4.79. The molecule has 6 heteroatoms. The third kappa shape index (κ3) is 4.42. The molecule has 0 bridgehead atoms. The van der Waals surface area contributed by atoms with Crippen LogP contribution in [0, 0.1) is 5.82 Å².